The highest BCUT2D eigenvalue weighted by Gasteiger charge is 2.12. The third-order valence-electron chi connectivity index (χ3n) is 2.35. The molecule has 0 amide bonds. The molecule has 6 heteroatoms. The van der Waals surface area contributed by atoms with Gasteiger partial charge in [-0.1, -0.05) is 0 Å². The number of rotatable bonds is 7. The fourth-order valence-electron chi connectivity index (χ4n) is 1.45. The van der Waals surface area contributed by atoms with Crippen molar-refractivity contribution in [1.29, 1.82) is 0 Å². The zero-order valence-electron chi connectivity index (χ0n) is 11.4. The molecule has 1 aromatic rings. The molecule has 1 aromatic heterocycles. The summed E-state index contributed by atoms with van der Waals surface area (Å²) in [5, 5.41) is 3.19. The molecule has 18 heavy (non-hydrogen) atoms. The summed E-state index contributed by atoms with van der Waals surface area (Å²) >= 11 is 3.53. The normalized spacial score (nSPS) is 10.8. The number of halogens is 1. The molecule has 0 saturated heterocycles. The van der Waals surface area contributed by atoms with Gasteiger partial charge in [0, 0.05) is 20.1 Å². The molecule has 0 saturated carbocycles. The van der Waals surface area contributed by atoms with E-state index in [1.165, 1.54) is 0 Å². The maximum absolute atomic E-state index is 5.54. The summed E-state index contributed by atoms with van der Waals surface area (Å²) in [7, 11) is 1.99. The van der Waals surface area contributed by atoms with Crippen LogP contribution in [0.4, 0.5) is 11.6 Å². The lowest BCUT2D eigenvalue weighted by Gasteiger charge is -2.21. The maximum atomic E-state index is 5.54. The van der Waals surface area contributed by atoms with E-state index in [0.717, 1.165) is 29.2 Å². The van der Waals surface area contributed by atoms with Gasteiger partial charge in [-0.2, -0.15) is 0 Å². The molecule has 0 unspecified atom stereocenters. The molecule has 0 spiro atoms. The van der Waals surface area contributed by atoms with Crippen LogP contribution in [0, 0.1) is 0 Å². The highest BCUT2D eigenvalue weighted by atomic mass is 79.9. The number of hydrogen-bond donors (Lipinski definition) is 1. The second-order valence-corrected chi connectivity index (χ2v) is 5.02. The van der Waals surface area contributed by atoms with Gasteiger partial charge in [0.1, 0.15) is 22.4 Å². The third kappa shape index (κ3) is 4.42. The average Bonchev–Trinajstić information content (AvgIpc) is 2.31. The quantitative estimate of drug-likeness (QED) is 0.837. The maximum Gasteiger partial charge on any atom is 0.148 e. The Hall–Kier alpha value is -0.880. The summed E-state index contributed by atoms with van der Waals surface area (Å²) in [4.78, 5) is 10.5. The molecule has 0 aromatic carbocycles. The number of nitrogens with zero attached hydrogens (tertiary/aromatic N) is 3. The SMILES string of the molecule is CCNc1ncnc(N(C)CCOC(C)C)c1Br. The summed E-state index contributed by atoms with van der Waals surface area (Å²) in [6, 6.07) is 0. The van der Waals surface area contributed by atoms with E-state index in [-0.39, 0.29) is 6.10 Å². The molecule has 0 aliphatic carbocycles. The first-order valence-electron chi connectivity index (χ1n) is 6.13. The summed E-state index contributed by atoms with van der Waals surface area (Å²) in [5.41, 5.74) is 0. The van der Waals surface area contributed by atoms with Crippen LogP contribution in [0.5, 0.6) is 0 Å². The summed E-state index contributed by atoms with van der Waals surface area (Å²) in [5.74, 6) is 1.69. The molecule has 1 heterocycles. The molecule has 1 rings (SSSR count). The van der Waals surface area contributed by atoms with Crippen molar-refractivity contribution in [1.82, 2.24) is 9.97 Å². The Labute approximate surface area is 117 Å². The summed E-state index contributed by atoms with van der Waals surface area (Å²) < 4.78 is 6.42. The van der Waals surface area contributed by atoms with E-state index in [1.807, 2.05) is 27.8 Å². The molecule has 0 atom stereocenters. The monoisotopic (exact) mass is 316 g/mol. The number of likely N-dealkylation sites (N-methyl/N-ethyl adjacent to an activating group) is 1. The molecule has 5 nitrogen and oxygen atoms in total. The largest absolute Gasteiger partial charge is 0.377 e. The lowest BCUT2D eigenvalue weighted by molar-refractivity contribution is 0.0845. The molecular formula is C12H21BrN4O. The lowest BCUT2D eigenvalue weighted by atomic mass is 10.4. The Balaban J connectivity index is 2.67. The van der Waals surface area contributed by atoms with Crippen molar-refractivity contribution >= 4 is 27.6 Å². The van der Waals surface area contributed by atoms with Gasteiger partial charge in [0.05, 0.1) is 12.7 Å². The number of nitrogens with one attached hydrogen (secondary N) is 1. The van der Waals surface area contributed by atoms with Gasteiger partial charge in [-0.25, -0.2) is 9.97 Å². The van der Waals surface area contributed by atoms with Crippen molar-refractivity contribution in [3.8, 4) is 0 Å². The van der Waals surface area contributed by atoms with Crippen molar-refractivity contribution < 1.29 is 4.74 Å². The molecule has 1 N–H and O–H groups in total. The third-order valence-corrected chi connectivity index (χ3v) is 3.08. The number of ether oxygens (including phenoxy) is 1. The van der Waals surface area contributed by atoms with Gasteiger partial charge in [0.25, 0.3) is 0 Å². The minimum atomic E-state index is 0.254. The minimum absolute atomic E-state index is 0.254. The van der Waals surface area contributed by atoms with Gasteiger partial charge < -0.3 is 15.0 Å². The molecule has 0 radical (unpaired) electrons. The summed E-state index contributed by atoms with van der Waals surface area (Å²) in [6.45, 7) is 8.40. The van der Waals surface area contributed by atoms with E-state index in [0.29, 0.717) is 6.61 Å². The molecule has 0 aliphatic rings. The van der Waals surface area contributed by atoms with E-state index in [4.69, 9.17) is 4.74 Å². The Morgan fingerprint density at radius 2 is 2.17 bits per heavy atom. The fraction of sp³-hybridized carbons (Fsp3) is 0.667. The highest BCUT2D eigenvalue weighted by molar-refractivity contribution is 9.10. The second kappa shape index (κ2) is 7.53. The predicted octanol–water partition coefficient (Wildman–Crippen LogP) is 2.53. The van der Waals surface area contributed by atoms with Gasteiger partial charge in [-0.3, -0.25) is 0 Å². The van der Waals surface area contributed by atoms with Crippen LogP contribution < -0.4 is 10.2 Å². The van der Waals surface area contributed by atoms with Crippen LogP contribution in [-0.4, -0.2) is 42.8 Å². The second-order valence-electron chi connectivity index (χ2n) is 4.23. The zero-order chi connectivity index (χ0) is 13.5. The van der Waals surface area contributed by atoms with E-state index >= 15 is 0 Å². The summed E-state index contributed by atoms with van der Waals surface area (Å²) in [6.07, 6.45) is 1.82. The Kier molecular flexibility index (Phi) is 6.35. The van der Waals surface area contributed by atoms with E-state index in [1.54, 1.807) is 6.33 Å². The van der Waals surface area contributed by atoms with Crippen LogP contribution in [0.2, 0.25) is 0 Å². The van der Waals surface area contributed by atoms with E-state index < -0.39 is 0 Å². The van der Waals surface area contributed by atoms with Crippen molar-refractivity contribution in [3.63, 3.8) is 0 Å². The van der Waals surface area contributed by atoms with Crippen molar-refractivity contribution in [2.75, 3.05) is 37.0 Å². The van der Waals surface area contributed by atoms with Crippen LogP contribution in [0.3, 0.4) is 0 Å². The highest BCUT2D eigenvalue weighted by Crippen LogP contribution is 2.28. The van der Waals surface area contributed by atoms with Crippen molar-refractivity contribution in [2.45, 2.75) is 26.9 Å². The lowest BCUT2D eigenvalue weighted by Crippen LogP contribution is -2.25. The average molecular weight is 317 g/mol. The number of anilines is 2. The zero-order valence-corrected chi connectivity index (χ0v) is 13.0. The Bertz CT molecular complexity index is 373. The van der Waals surface area contributed by atoms with Crippen LogP contribution in [0.25, 0.3) is 0 Å². The van der Waals surface area contributed by atoms with Crippen molar-refractivity contribution in [3.05, 3.63) is 10.8 Å². The smallest absolute Gasteiger partial charge is 0.148 e. The van der Waals surface area contributed by atoms with Crippen molar-refractivity contribution in [2.24, 2.45) is 0 Å². The van der Waals surface area contributed by atoms with Crippen LogP contribution in [0.1, 0.15) is 20.8 Å². The number of hydrogen-bond acceptors (Lipinski definition) is 5. The fourth-order valence-corrected chi connectivity index (χ4v) is 2.10. The Morgan fingerprint density at radius 1 is 1.44 bits per heavy atom. The first kappa shape index (κ1) is 15.2. The molecule has 0 bridgehead atoms. The molecule has 102 valence electrons. The minimum Gasteiger partial charge on any atom is -0.377 e. The van der Waals surface area contributed by atoms with Gasteiger partial charge in [-0.05, 0) is 36.7 Å². The predicted molar refractivity (Wildman–Crippen MR) is 78.3 cm³/mol. The standard InChI is InChI=1S/C12H21BrN4O/c1-5-14-11-10(13)12(16-8-15-11)17(4)6-7-18-9(2)3/h8-9H,5-7H2,1-4H3,(H,14,15,16). The first-order valence-corrected chi connectivity index (χ1v) is 6.92. The topological polar surface area (TPSA) is 50.3 Å². The van der Waals surface area contributed by atoms with E-state index in [9.17, 15) is 0 Å². The molecule has 0 aliphatic heterocycles. The van der Waals surface area contributed by atoms with Crippen LogP contribution >= 0.6 is 15.9 Å². The molecule has 0 fully saturated rings. The Morgan fingerprint density at radius 3 is 2.78 bits per heavy atom. The van der Waals surface area contributed by atoms with Gasteiger partial charge >= 0.3 is 0 Å². The van der Waals surface area contributed by atoms with Crippen LogP contribution in [-0.2, 0) is 4.74 Å². The van der Waals surface area contributed by atoms with Crippen LogP contribution in [0.15, 0.2) is 10.8 Å². The molecular weight excluding hydrogens is 296 g/mol. The van der Waals surface area contributed by atoms with Gasteiger partial charge in [0.2, 0.25) is 0 Å². The van der Waals surface area contributed by atoms with E-state index in [2.05, 4.69) is 36.1 Å². The van der Waals surface area contributed by atoms with Gasteiger partial charge in [0.15, 0.2) is 0 Å². The first-order chi connectivity index (χ1) is 8.56. The van der Waals surface area contributed by atoms with Gasteiger partial charge in [-0.15, -0.1) is 0 Å². The number of aromatic nitrogens is 2.